The van der Waals surface area contributed by atoms with Gasteiger partial charge in [-0.05, 0) is 42.8 Å². The fourth-order valence-electron chi connectivity index (χ4n) is 3.83. The summed E-state index contributed by atoms with van der Waals surface area (Å²) in [5.41, 5.74) is 2.73. The van der Waals surface area contributed by atoms with E-state index in [4.69, 9.17) is 16.0 Å². The van der Waals surface area contributed by atoms with Crippen molar-refractivity contribution < 1.29 is 9.21 Å². The van der Waals surface area contributed by atoms with Crippen molar-refractivity contribution in [3.63, 3.8) is 0 Å². The average molecular weight is 476 g/mol. The number of carbonyl (C=O) groups excluding carboxylic acids is 1. The molecular formula is C25H18ClN3O3S. The highest BCUT2D eigenvalue weighted by Crippen LogP contribution is 2.34. The van der Waals surface area contributed by atoms with E-state index in [0.717, 1.165) is 5.56 Å². The molecule has 3 heterocycles. The molecule has 1 aliphatic heterocycles. The maximum Gasteiger partial charge on any atom is 0.271 e. The van der Waals surface area contributed by atoms with Crippen molar-refractivity contribution in [2.75, 3.05) is 5.32 Å². The van der Waals surface area contributed by atoms with Crippen molar-refractivity contribution in [3.05, 3.63) is 120 Å². The van der Waals surface area contributed by atoms with Gasteiger partial charge in [-0.3, -0.25) is 14.2 Å². The average Bonchev–Trinajstić information content (AvgIpc) is 3.42. The molecule has 164 valence electrons. The number of hydrogen-bond acceptors (Lipinski definition) is 5. The van der Waals surface area contributed by atoms with Crippen molar-refractivity contribution in [2.24, 2.45) is 4.99 Å². The van der Waals surface area contributed by atoms with E-state index in [2.05, 4.69) is 10.3 Å². The quantitative estimate of drug-likeness (QED) is 0.482. The number of halogens is 1. The van der Waals surface area contributed by atoms with Crippen LogP contribution in [-0.2, 0) is 4.79 Å². The Balaban J connectivity index is 1.71. The lowest BCUT2D eigenvalue weighted by molar-refractivity contribution is -0.113. The second-order valence-electron chi connectivity index (χ2n) is 7.48. The molecule has 0 fully saturated rings. The number of nitrogens with one attached hydrogen (secondary N) is 1. The fraction of sp³-hybridized carbons (Fsp3) is 0.0800. The Morgan fingerprint density at radius 2 is 1.91 bits per heavy atom. The summed E-state index contributed by atoms with van der Waals surface area (Å²) < 4.78 is 7.16. The molecule has 0 spiro atoms. The largest absolute Gasteiger partial charge is 0.472 e. The summed E-state index contributed by atoms with van der Waals surface area (Å²) >= 11 is 7.82. The van der Waals surface area contributed by atoms with E-state index in [1.165, 1.54) is 11.3 Å². The Morgan fingerprint density at radius 3 is 2.64 bits per heavy atom. The topological polar surface area (TPSA) is 76.6 Å². The third kappa shape index (κ3) is 3.97. The molecule has 1 unspecified atom stereocenters. The first-order valence-electron chi connectivity index (χ1n) is 10.2. The molecule has 5 rings (SSSR count). The van der Waals surface area contributed by atoms with E-state index in [1.54, 1.807) is 54.4 Å². The first-order chi connectivity index (χ1) is 16.0. The van der Waals surface area contributed by atoms with E-state index in [1.807, 2.05) is 36.4 Å². The van der Waals surface area contributed by atoms with Crippen LogP contribution in [-0.4, -0.2) is 10.5 Å². The number of para-hydroxylation sites is 1. The van der Waals surface area contributed by atoms with Crippen molar-refractivity contribution in [1.29, 1.82) is 0 Å². The van der Waals surface area contributed by atoms with Crippen molar-refractivity contribution in [2.45, 2.75) is 13.0 Å². The molecule has 2 aromatic heterocycles. The van der Waals surface area contributed by atoms with Crippen LogP contribution in [0.4, 0.5) is 5.69 Å². The first-order valence-corrected chi connectivity index (χ1v) is 11.4. The molecule has 0 saturated carbocycles. The standard InChI is InChI=1S/C25H18ClN3O3S/c1-15-21(23(30)28-17-7-3-2-4-8-17)22(18-9-5-6-10-19(18)26)29-24(31)20(33-25(29)27-15)13-16-11-12-32-14-16/h2-14,22H,1H3,(H,28,30)/b20-13+. The van der Waals surface area contributed by atoms with Gasteiger partial charge in [0.2, 0.25) is 0 Å². The molecule has 0 saturated heterocycles. The van der Waals surface area contributed by atoms with E-state index in [0.29, 0.717) is 36.9 Å². The van der Waals surface area contributed by atoms with Gasteiger partial charge in [-0.1, -0.05) is 59.3 Å². The predicted octanol–water partition coefficient (Wildman–Crippen LogP) is 4.12. The highest BCUT2D eigenvalue weighted by molar-refractivity contribution is 7.07. The van der Waals surface area contributed by atoms with Gasteiger partial charge in [-0.25, -0.2) is 4.99 Å². The van der Waals surface area contributed by atoms with Gasteiger partial charge in [-0.2, -0.15) is 0 Å². The predicted molar refractivity (Wildman–Crippen MR) is 129 cm³/mol. The number of anilines is 1. The van der Waals surface area contributed by atoms with Gasteiger partial charge < -0.3 is 9.73 Å². The zero-order chi connectivity index (χ0) is 22.9. The molecule has 4 aromatic rings. The highest BCUT2D eigenvalue weighted by Gasteiger charge is 2.33. The zero-order valence-corrected chi connectivity index (χ0v) is 19.1. The maximum atomic E-state index is 13.5. The van der Waals surface area contributed by atoms with Crippen LogP contribution in [0.15, 0.2) is 98.7 Å². The summed E-state index contributed by atoms with van der Waals surface area (Å²) in [5, 5.41) is 3.39. The molecule has 33 heavy (non-hydrogen) atoms. The molecule has 6 nitrogen and oxygen atoms in total. The number of rotatable bonds is 4. The summed E-state index contributed by atoms with van der Waals surface area (Å²) in [6.07, 6.45) is 4.86. The fourth-order valence-corrected chi connectivity index (χ4v) is 5.12. The lowest BCUT2D eigenvalue weighted by Crippen LogP contribution is -2.40. The summed E-state index contributed by atoms with van der Waals surface area (Å²) in [6.45, 7) is 1.77. The normalized spacial score (nSPS) is 15.8. The van der Waals surface area contributed by atoms with Crippen LogP contribution in [0.25, 0.3) is 6.08 Å². The smallest absolute Gasteiger partial charge is 0.271 e. The molecule has 0 radical (unpaired) electrons. The second-order valence-corrected chi connectivity index (χ2v) is 8.90. The molecule has 0 aliphatic carbocycles. The number of carbonyl (C=O) groups is 1. The number of furan rings is 1. The number of aromatic nitrogens is 1. The van der Waals surface area contributed by atoms with Crippen molar-refractivity contribution >= 4 is 40.6 Å². The minimum Gasteiger partial charge on any atom is -0.472 e. The number of thiazole rings is 1. The van der Waals surface area contributed by atoms with Gasteiger partial charge in [-0.15, -0.1) is 0 Å². The number of nitrogens with zero attached hydrogens (tertiary/aromatic N) is 2. The van der Waals surface area contributed by atoms with E-state index >= 15 is 0 Å². The Hall–Kier alpha value is -3.68. The molecular weight excluding hydrogens is 458 g/mol. The monoisotopic (exact) mass is 475 g/mol. The van der Waals surface area contributed by atoms with Gasteiger partial charge in [0.05, 0.1) is 34.4 Å². The Labute approximate surface area is 197 Å². The van der Waals surface area contributed by atoms with Crippen molar-refractivity contribution in [1.82, 2.24) is 4.57 Å². The molecule has 1 N–H and O–H groups in total. The minimum atomic E-state index is -0.717. The van der Waals surface area contributed by atoms with Crippen LogP contribution >= 0.6 is 22.9 Å². The zero-order valence-electron chi connectivity index (χ0n) is 17.5. The van der Waals surface area contributed by atoms with Crippen LogP contribution in [0.5, 0.6) is 0 Å². The number of amides is 1. The van der Waals surface area contributed by atoms with Gasteiger partial charge in [0.15, 0.2) is 4.80 Å². The van der Waals surface area contributed by atoms with Gasteiger partial charge in [0, 0.05) is 16.3 Å². The van der Waals surface area contributed by atoms with Crippen LogP contribution in [0.3, 0.4) is 0 Å². The lowest BCUT2D eigenvalue weighted by Gasteiger charge is -2.26. The number of fused-ring (bicyclic) bond motifs is 1. The third-order valence-corrected chi connectivity index (χ3v) is 6.67. The van der Waals surface area contributed by atoms with Crippen LogP contribution < -0.4 is 20.2 Å². The molecule has 0 bridgehead atoms. The SMILES string of the molecule is CC1=C(C(=O)Nc2ccccc2)C(c2ccccc2Cl)n2c(s/c(=C/c3ccoc3)c2=O)=N1. The maximum absolute atomic E-state index is 13.5. The summed E-state index contributed by atoms with van der Waals surface area (Å²) in [6, 6.07) is 17.4. The van der Waals surface area contributed by atoms with Gasteiger partial charge in [0.25, 0.3) is 11.5 Å². The first kappa shape index (κ1) is 21.2. The molecule has 8 heteroatoms. The molecule has 2 aromatic carbocycles. The lowest BCUT2D eigenvalue weighted by atomic mass is 9.95. The Bertz CT molecular complexity index is 1550. The van der Waals surface area contributed by atoms with E-state index < -0.39 is 6.04 Å². The number of hydrogen-bond donors (Lipinski definition) is 1. The number of allylic oxidation sites excluding steroid dienone is 1. The van der Waals surface area contributed by atoms with E-state index in [9.17, 15) is 9.59 Å². The van der Waals surface area contributed by atoms with Crippen molar-refractivity contribution in [3.8, 4) is 0 Å². The Morgan fingerprint density at radius 1 is 1.15 bits per heavy atom. The summed E-state index contributed by atoms with van der Waals surface area (Å²) in [4.78, 5) is 32.1. The van der Waals surface area contributed by atoms with Crippen LogP contribution in [0.2, 0.25) is 5.02 Å². The third-order valence-electron chi connectivity index (χ3n) is 5.34. The van der Waals surface area contributed by atoms with Gasteiger partial charge in [0.1, 0.15) is 0 Å². The van der Waals surface area contributed by atoms with Gasteiger partial charge >= 0.3 is 0 Å². The molecule has 1 aliphatic rings. The number of benzene rings is 2. The molecule has 1 amide bonds. The summed E-state index contributed by atoms with van der Waals surface area (Å²) in [7, 11) is 0. The highest BCUT2D eigenvalue weighted by atomic mass is 35.5. The van der Waals surface area contributed by atoms with E-state index in [-0.39, 0.29) is 11.5 Å². The van der Waals surface area contributed by atoms with Crippen LogP contribution in [0, 0.1) is 0 Å². The summed E-state index contributed by atoms with van der Waals surface area (Å²) in [5.74, 6) is -0.337. The Kier molecular flexibility index (Phi) is 5.58. The van der Waals surface area contributed by atoms with Crippen LogP contribution in [0.1, 0.15) is 24.1 Å². The molecule has 1 atom stereocenters. The minimum absolute atomic E-state index is 0.248. The second kappa shape index (κ2) is 8.69.